The molecule has 0 saturated carbocycles. The van der Waals surface area contributed by atoms with Gasteiger partial charge in [-0.15, -0.1) is 11.3 Å². The Morgan fingerprint density at radius 2 is 2.17 bits per heavy atom. The summed E-state index contributed by atoms with van der Waals surface area (Å²) >= 11 is 1.40. The standard InChI is InChI=1S/C17H17NO4S/c1-11-9-13(12(2)22-11)16(19)18-10-17(20,14-5-3-7-21-14)15-6-4-8-23-15/h3-9,20H,10H2,1-2H3,(H,18,19)/t17-/m0/s1. The molecule has 0 spiro atoms. The fourth-order valence-electron chi connectivity index (χ4n) is 2.48. The normalized spacial score (nSPS) is 13.7. The summed E-state index contributed by atoms with van der Waals surface area (Å²) in [4.78, 5) is 13.1. The fourth-order valence-corrected chi connectivity index (χ4v) is 3.31. The number of nitrogens with one attached hydrogen (secondary N) is 1. The number of amides is 1. The van der Waals surface area contributed by atoms with E-state index in [1.165, 1.54) is 17.6 Å². The minimum absolute atomic E-state index is 0.00350. The first-order valence-corrected chi connectivity index (χ1v) is 8.04. The molecule has 0 fully saturated rings. The van der Waals surface area contributed by atoms with Gasteiger partial charge in [0.1, 0.15) is 17.3 Å². The number of thiophene rings is 1. The summed E-state index contributed by atoms with van der Waals surface area (Å²) in [6.07, 6.45) is 1.50. The molecule has 3 heterocycles. The van der Waals surface area contributed by atoms with E-state index in [0.717, 1.165) is 0 Å². The number of carbonyl (C=O) groups is 1. The molecule has 0 aliphatic heterocycles. The van der Waals surface area contributed by atoms with E-state index in [1.807, 2.05) is 17.5 Å². The Hall–Kier alpha value is -2.31. The van der Waals surface area contributed by atoms with Crippen LogP contribution in [0.3, 0.4) is 0 Å². The van der Waals surface area contributed by atoms with Gasteiger partial charge in [0.15, 0.2) is 5.60 Å². The maximum absolute atomic E-state index is 12.4. The van der Waals surface area contributed by atoms with Crippen molar-refractivity contribution in [3.63, 3.8) is 0 Å². The van der Waals surface area contributed by atoms with Gasteiger partial charge in [-0.2, -0.15) is 0 Å². The summed E-state index contributed by atoms with van der Waals surface area (Å²) in [6, 6.07) is 8.74. The van der Waals surface area contributed by atoms with Crippen molar-refractivity contribution in [3.05, 3.63) is 69.7 Å². The smallest absolute Gasteiger partial charge is 0.254 e. The zero-order chi connectivity index (χ0) is 16.4. The average Bonchev–Trinajstić information content (AvgIpc) is 3.26. The molecule has 3 rings (SSSR count). The molecule has 0 aliphatic carbocycles. The Kier molecular flexibility index (Phi) is 4.11. The first-order chi connectivity index (χ1) is 11.0. The lowest BCUT2D eigenvalue weighted by molar-refractivity contribution is 0.0554. The van der Waals surface area contributed by atoms with Gasteiger partial charge in [-0.25, -0.2) is 0 Å². The molecule has 0 radical (unpaired) electrons. The van der Waals surface area contributed by atoms with Crippen LogP contribution >= 0.6 is 11.3 Å². The van der Waals surface area contributed by atoms with Crippen LogP contribution in [0.5, 0.6) is 0 Å². The molecule has 1 amide bonds. The van der Waals surface area contributed by atoms with Crippen LogP contribution in [0.15, 0.2) is 50.8 Å². The summed E-state index contributed by atoms with van der Waals surface area (Å²) < 4.78 is 10.7. The highest BCUT2D eigenvalue weighted by Crippen LogP contribution is 2.32. The van der Waals surface area contributed by atoms with Crippen molar-refractivity contribution in [1.82, 2.24) is 5.32 Å². The number of furan rings is 2. The Labute approximate surface area is 137 Å². The van der Waals surface area contributed by atoms with E-state index < -0.39 is 5.60 Å². The number of carbonyl (C=O) groups excluding carboxylic acids is 1. The van der Waals surface area contributed by atoms with Crippen LogP contribution < -0.4 is 5.32 Å². The van der Waals surface area contributed by atoms with Gasteiger partial charge in [-0.05, 0) is 43.5 Å². The second kappa shape index (κ2) is 6.06. The van der Waals surface area contributed by atoms with Gasteiger partial charge >= 0.3 is 0 Å². The fraction of sp³-hybridized carbons (Fsp3) is 0.235. The van der Waals surface area contributed by atoms with E-state index in [1.54, 1.807) is 32.0 Å². The third kappa shape index (κ3) is 2.95. The molecule has 5 nitrogen and oxygen atoms in total. The summed E-state index contributed by atoms with van der Waals surface area (Å²) in [7, 11) is 0. The predicted octanol–water partition coefficient (Wildman–Crippen LogP) is 3.22. The third-order valence-corrected chi connectivity index (χ3v) is 4.67. The van der Waals surface area contributed by atoms with Gasteiger partial charge in [-0.1, -0.05) is 6.07 Å². The van der Waals surface area contributed by atoms with E-state index in [4.69, 9.17) is 8.83 Å². The Bertz CT molecular complexity index is 753. The summed E-state index contributed by atoms with van der Waals surface area (Å²) in [5.74, 6) is 1.33. The van der Waals surface area contributed by atoms with E-state index in [0.29, 0.717) is 27.7 Å². The molecular weight excluding hydrogens is 314 g/mol. The molecule has 6 heteroatoms. The maximum Gasteiger partial charge on any atom is 0.254 e. The van der Waals surface area contributed by atoms with Crippen LogP contribution in [0.2, 0.25) is 0 Å². The van der Waals surface area contributed by atoms with Gasteiger partial charge in [0, 0.05) is 4.88 Å². The highest BCUT2D eigenvalue weighted by molar-refractivity contribution is 7.10. The lowest BCUT2D eigenvalue weighted by Crippen LogP contribution is -2.41. The number of aryl methyl sites for hydroxylation is 2. The number of hydrogen-bond donors (Lipinski definition) is 2. The van der Waals surface area contributed by atoms with Crippen LogP contribution in [0.25, 0.3) is 0 Å². The molecule has 120 valence electrons. The number of hydrogen-bond acceptors (Lipinski definition) is 5. The van der Waals surface area contributed by atoms with Gasteiger partial charge in [-0.3, -0.25) is 4.79 Å². The van der Waals surface area contributed by atoms with Crippen molar-refractivity contribution in [2.24, 2.45) is 0 Å². The molecule has 0 unspecified atom stereocenters. The van der Waals surface area contributed by atoms with Crippen molar-refractivity contribution in [1.29, 1.82) is 0 Å². The Balaban J connectivity index is 1.83. The lowest BCUT2D eigenvalue weighted by Gasteiger charge is -2.25. The number of rotatable bonds is 5. The first kappa shape index (κ1) is 15.6. The molecule has 1 atom stereocenters. The van der Waals surface area contributed by atoms with E-state index in [2.05, 4.69) is 5.32 Å². The third-order valence-electron chi connectivity index (χ3n) is 3.65. The van der Waals surface area contributed by atoms with Crippen LogP contribution in [-0.2, 0) is 5.60 Å². The highest BCUT2D eigenvalue weighted by atomic mass is 32.1. The SMILES string of the molecule is Cc1cc(C(=O)NC[C@](O)(c2ccco2)c2cccs2)c(C)o1. The molecule has 0 aliphatic rings. The van der Waals surface area contributed by atoms with Gasteiger partial charge in [0.25, 0.3) is 5.91 Å². The molecule has 0 bridgehead atoms. The molecule has 3 aromatic rings. The van der Waals surface area contributed by atoms with Crippen LogP contribution in [0.1, 0.15) is 32.5 Å². The Morgan fingerprint density at radius 3 is 2.74 bits per heavy atom. The molecule has 0 saturated heterocycles. The Morgan fingerprint density at radius 1 is 1.35 bits per heavy atom. The molecule has 0 aromatic carbocycles. The summed E-state index contributed by atoms with van der Waals surface area (Å²) in [6.45, 7) is 3.53. The van der Waals surface area contributed by atoms with Crippen molar-refractivity contribution < 1.29 is 18.7 Å². The van der Waals surface area contributed by atoms with Crippen LogP contribution in [0, 0.1) is 13.8 Å². The molecule has 3 aromatic heterocycles. The van der Waals surface area contributed by atoms with Crippen molar-refractivity contribution in [2.45, 2.75) is 19.4 Å². The zero-order valence-electron chi connectivity index (χ0n) is 12.8. The van der Waals surface area contributed by atoms with Gasteiger partial charge in [0.05, 0.1) is 18.4 Å². The largest absolute Gasteiger partial charge is 0.466 e. The summed E-state index contributed by atoms with van der Waals surface area (Å²) in [5, 5.41) is 15.7. The highest BCUT2D eigenvalue weighted by Gasteiger charge is 2.36. The predicted molar refractivity (Wildman–Crippen MR) is 86.5 cm³/mol. The van der Waals surface area contributed by atoms with Crippen LogP contribution in [0.4, 0.5) is 0 Å². The average molecular weight is 331 g/mol. The van der Waals surface area contributed by atoms with E-state index in [-0.39, 0.29) is 12.5 Å². The molecule has 23 heavy (non-hydrogen) atoms. The minimum atomic E-state index is -1.40. The monoisotopic (exact) mass is 331 g/mol. The summed E-state index contributed by atoms with van der Waals surface area (Å²) in [5.41, 5.74) is -0.935. The van der Waals surface area contributed by atoms with Crippen molar-refractivity contribution >= 4 is 17.2 Å². The molecule has 2 N–H and O–H groups in total. The first-order valence-electron chi connectivity index (χ1n) is 7.16. The van der Waals surface area contributed by atoms with Gasteiger partial charge < -0.3 is 19.3 Å². The minimum Gasteiger partial charge on any atom is -0.466 e. The van der Waals surface area contributed by atoms with E-state index in [9.17, 15) is 9.90 Å². The lowest BCUT2D eigenvalue weighted by atomic mass is 9.98. The van der Waals surface area contributed by atoms with E-state index >= 15 is 0 Å². The van der Waals surface area contributed by atoms with Gasteiger partial charge in [0.2, 0.25) is 0 Å². The van der Waals surface area contributed by atoms with Crippen LogP contribution in [-0.4, -0.2) is 17.6 Å². The second-order valence-corrected chi connectivity index (χ2v) is 6.27. The van der Waals surface area contributed by atoms with Crippen molar-refractivity contribution in [3.8, 4) is 0 Å². The van der Waals surface area contributed by atoms with Crippen molar-refractivity contribution in [2.75, 3.05) is 6.54 Å². The second-order valence-electron chi connectivity index (χ2n) is 5.32. The maximum atomic E-state index is 12.4. The molecular formula is C17H17NO4S. The zero-order valence-corrected chi connectivity index (χ0v) is 13.6. The topological polar surface area (TPSA) is 75.6 Å². The quantitative estimate of drug-likeness (QED) is 0.753. The number of aliphatic hydroxyl groups is 1.